The molecule has 2 rings (SSSR count). The Kier molecular flexibility index (Phi) is 4.60. The van der Waals surface area contributed by atoms with Crippen molar-refractivity contribution in [3.05, 3.63) is 24.0 Å². The maximum absolute atomic E-state index is 11.7. The largest absolute Gasteiger partial charge is 0.477 e. The molecule has 0 unspecified atom stereocenters. The number of rotatable bonds is 6. The first-order chi connectivity index (χ1) is 9.16. The van der Waals surface area contributed by atoms with Crippen molar-refractivity contribution in [3.63, 3.8) is 0 Å². The van der Waals surface area contributed by atoms with E-state index in [9.17, 15) is 9.59 Å². The van der Waals surface area contributed by atoms with E-state index in [2.05, 4.69) is 5.32 Å². The van der Waals surface area contributed by atoms with E-state index in [1.807, 2.05) is 0 Å². The number of nitrogens with one attached hydrogen (secondary N) is 1. The second-order valence-corrected chi connectivity index (χ2v) is 5.12. The smallest absolute Gasteiger partial charge is 0.352 e. The normalized spacial score (nSPS) is 15.6. The van der Waals surface area contributed by atoms with Crippen LogP contribution in [0.3, 0.4) is 0 Å². The first kappa shape index (κ1) is 13.6. The molecule has 1 fully saturated rings. The lowest BCUT2D eigenvalue weighted by Gasteiger charge is -2.11. The summed E-state index contributed by atoms with van der Waals surface area (Å²) in [5.41, 5.74) is 0.144. The van der Waals surface area contributed by atoms with Crippen molar-refractivity contribution in [1.82, 2.24) is 9.88 Å². The van der Waals surface area contributed by atoms with Crippen molar-refractivity contribution in [2.45, 2.75) is 38.6 Å². The van der Waals surface area contributed by atoms with Crippen molar-refractivity contribution >= 4 is 11.9 Å². The molecule has 1 amide bonds. The molecule has 0 atom stereocenters. The Bertz CT molecular complexity index is 447. The van der Waals surface area contributed by atoms with Crippen LogP contribution in [0.25, 0.3) is 0 Å². The third-order valence-electron chi connectivity index (χ3n) is 3.71. The number of aromatic carboxylic acids is 1. The minimum atomic E-state index is -1.01. The van der Waals surface area contributed by atoms with E-state index in [0.717, 1.165) is 12.3 Å². The molecule has 2 N–H and O–H groups in total. The molecular weight excluding hydrogens is 244 g/mol. The molecule has 5 heteroatoms. The third kappa shape index (κ3) is 3.84. The van der Waals surface area contributed by atoms with Crippen LogP contribution in [0.5, 0.6) is 0 Å². The number of nitrogens with zero attached hydrogens (tertiary/aromatic N) is 1. The Balaban J connectivity index is 1.74. The number of hydrogen-bond donors (Lipinski definition) is 2. The zero-order valence-corrected chi connectivity index (χ0v) is 11.0. The quantitative estimate of drug-likeness (QED) is 0.824. The highest BCUT2D eigenvalue weighted by molar-refractivity contribution is 5.86. The molecule has 0 spiro atoms. The molecular formula is C14H20N2O3. The fourth-order valence-electron chi connectivity index (χ4n) is 2.67. The first-order valence-electron chi connectivity index (χ1n) is 6.82. The summed E-state index contributed by atoms with van der Waals surface area (Å²) in [5.74, 6) is -0.387. The number of carboxylic acids is 1. The SMILES string of the molecule is O=C(Cn1cccc1C(=O)O)NCCC1CCCC1. The van der Waals surface area contributed by atoms with Crippen LogP contribution in [0.15, 0.2) is 18.3 Å². The van der Waals surface area contributed by atoms with Crippen molar-refractivity contribution in [3.8, 4) is 0 Å². The van der Waals surface area contributed by atoms with Crippen LogP contribution in [-0.2, 0) is 11.3 Å². The predicted octanol–water partition coefficient (Wildman–Crippen LogP) is 1.88. The first-order valence-corrected chi connectivity index (χ1v) is 6.82. The van der Waals surface area contributed by atoms with Gasteiger partial charge in [-0.05, 0) is 24.5 Å². The van der Waals surface area contributed by atoms with Crippen molar-refractivity contribution in [2.75, 3.05) is 6.54 Å². The lowest BCUT2D eigenvalue weighted by atomic mass is 10.0. The molecule has 104 valence electrons. The van der Waals surface area contributed by atoms with Crippen LogP contribution >= 0.6 is 0 Å². The van der Waals surface area contributed by atoms with Gasteiger partial charge in [-0.1, -0.05) is 25.7 Å². The molecule has 5 nitrogen and oxygen atoms in total. The van der Waals surface area contributed by atoms with Crippen molar-refractivity contribution < 1.29 is 14.7 Å². The summed E-state index contributed by atoms with van der Waals surface area (Å²) in [4.78, 5) is 22.6. The Morgan fingerprint density at radius 1 is 1.37 bits per heavy atom. The predicted molar refractivity (Wildman–Crippen MR) is 71.0 cm³/mol. The second-order valence-electron chi connectivity index (χ2n) is 5.12. The van der Waals surface area contributed by atoms with E-state index in [4.69, 9.17) is 5.11 Å². The number of carbonyl (C=O) groups excluding carboxylic acids is 1. The molecule has 1 aliphatic carbocycles. The van der Waals surface area contributed by atoms with Gasteiger partial charge >= 0.3 is 5.97 Å². The Hall–Kier alpha value is -1.78. The van der Waals surface area contributed by atoms with Gasteiger partial charge in [0.25, 0.3) is 0 Å². The van der Waals surface area contributed by atoms with Crippen LogP contribution in [-0.4, -0.2) is 28.1 Å². The van der Waals surface area contributed by atoms with Gasteiger partial charge in [-0.25, -0.2) is 4.79 Å². The van der Waals surface area contributed by atoms with Crippen LogP contribution in [0.4, 0.5) is 0 Å². The van der Waals surface area contributed by atoms with E-state index < -0.39 is 5.97 Å². The highest BCUT2D eigenvalue weighted by Gasteiger charge is 2.15. The van der Waals surface area contributed by atoms with Gasteiger partial charge in [0.2, 0.25) is 5.91 Å². The average molecular weight is 264 g/mol. The molecule has 19 heavy (non-hydrogen) atoms. The van der Waals surface area contributed by atoms with E-state index in [-0.39, 0.29) is 18.1 Å². The fourth-order valence-corrected chi connectivity index (χ4v) is 2.67. The van der Waals surface area contributed by atoms with E-state index >= 15 is 0 Å². The van der Waals surface area contributed by atoms with E-state index in [0.29, 0.717) is 6.54 Å². The lowest BCUT2D eigenvalue weighted by Crippen LogP contribution is -2.30. The van der Waals surface area contributed by atoms with Crippen LogP contribution in [0, 0.1) is 5.92 Å². The lowest BCUT2D eigenvalue weighted by molar-refractivity contribution is -0.121. The minimum absolute atomic E-state index is 0.0687. The maximum atomic E-state index is 11.7. The summed E-state index contributed by atoms with van der Waals surface area (Å²) in [7, 11) is 0. The van der Waals surface area contributed by atoms with Crippen molar-refractivity contribution in [2.24, 2.45) is 5.92 Å². The molecule has 0 saturated heterocycles. The Morgan fingerprint density at radius 3 is 2.79 bits per heavy atom. The minimum Gasteiger partial charge on any atom is -0.477 e. The standard InChI is InChI=1S/C14H20N2O3/c17-13(15-8-7-11-4-1-2-5-11)10-16-9-3-6-12(16)14(18)19/h3,6,9,11H,1-2,4-5,7-8,10H2,(H,15,17)(H,18,19). The summed E-state index contributed by atoms with van der Waals surface area (Å²) in [5, 5.41) is 11.8. The summed E-state index contributed by atoms with van der Waals surface area (Å²) in [6, 6.07) is 3.13. The summed E-state index contributed by atoms with van der Waals surface area (Å²) in [6.07, 6.45) is 7.81. The molecule has 1 saturated carbocycles. The Morgan fingerprint density at radius 2 is 2.11 bits per heavy atom. The van der Waals surface area contributed by atoms with Gasteiger partial charge in [0, 0.05) is 12.7 Å². The number of carbonyl (C=O) groups is 2. The summed E-state index contributed by atoms with van der Waals surface area (Å²) in [6.45, 7) is 0.756. The second kappa shape index (κ2) is 6.41. The highest BCUT2D eigenvalue weighted by Crippen LogP contribution is 2.26. The van der Waals surface area contributed by atoms with E-state index in [1.165, 1.54) is 36.3 Å². The van der Waals surface area contributed by atoms with Crippen LogP contribution in [0.1, 0.15) is 42.6 Å². The van der Waals surface area contributed by atoms with Gasteiger partial charge in [0.1, 0.15) is 12.2 Å². The molecule has 0 bridgehead atoms. The van der Waals surface area contributed by atoms with Gasteiger partial charge in [-0.15, -0.1) is 0 Å². The number of hydrogen-bond acceptors (Lipinski definition) is 2. The molecule has 0 radical (unpaired) electrons. The zero-order chi connectivity index (χ0) is 13.7. The topological polar surface area (TPSA) is 71.3 Å². The third-order valence-corrected chi connectivity index (χ3v) is 3.71. The number of amides is 1. The van der Waals surface area contributed by atoms with Gasteiger partial charge < -0.3 is 15.0 Å². The summed E-state index contributed by atoms with van der Waals surface area (Å²) >= 11 is 0. The number of carboxylic acid groups (broad SMARTS) is 1. The van der Waals surface area contributed by atoms with Gasteiger partial charge in [-0.3, -0.25) is 4.79 Å². The average Bonchev–Trinajstić information content (AvgIpc) is 2.99. The maximum Gasteiger partial charge on any atom is 0.352 e. The molecule has 1 aromatic rings. The molecule has 0 aromatic carbocycles. The van der Waals surface area contributed by atoms with Gasteiger partial charge in [0.15, 0.2) is 0 Å². The monoisotopic (exact) mass is 264 g/mol. The van der Waals surface area contributed by atoms with Crippen molar-refractivity contribution in [1.29, 1.82) is 0 Å². The number of aromatic nitrogens is 1. The zero-order valence-electron chi connectivity index (χ0n) is 11.0. The van der Waals surface area contributed by atoms with Gasteiger partial charge in [0.05, 0.1) is 0 Å². The van der Waals surface area contributed by atoms with Crippen LogP contribution in [0.2, 0.25) is 0 Å². The fraction of sp³-hybridized carbons (Fsp3) is 0.571. The molecule has 1 heterocycles. The molecule has 0 aliphatic heterocycles. The Labute approximate surface area is 112 Å². The molecule has 1 aliphatic rings. The van der Waals surface area contributed by atoms with E-state index in [1.54, 1.807) is 12.3 Å². The summed E-state index contributed by atoms with van der Waals surface area (Å²) < 4.78 is 1.45. The highest BCUT2D eigenvalue weighted by atomic mass is 16.4. The molecule has 1 aromatic heterocycles. The van der Waals surface area contributed by atoms with Gasteiger partial charge in [-0.2, -0.15) is 0 Å². The van der Waals surface area contributed by atoms with Crippen LogP contribution < -0.4 is 5.32 Å².